The number of thiazole rings is 1. The van der Waals surface area contributed by atoms with E-state index in [-0.39, 0.29) is 12.4 Å². The van der Waals surface area contributed by atoms with Crippen LogP contribution in [-0.2, 0) is 22.6 Å². The zero-order chi connectivity index (χ0) is 22.9. The Bertz CT molecular complexity index is 1090. The first kappa shape index (κ1) is 23.3. The number of aromatic nitrogens is 1. The number of rotatable bonds is 10. The maximum Gasteiger partial charge on any atom is 0.311 e. The van der Waals surface area contributed by atoms with Gasteiger partial charge in [-0.05, 0) is 61.7 Å². The summed E-state index contributed by atoms with van der Waals surface area (Å²) in [4.78, 5) is 15.9. The molecule has 0 saturated carbocycles. The molecule has 0 aliphatic heterocycles. The fraction of sp³-hybridized carbons (Fsp3) is 0.292. The smallest absolute Gasteiger partial charge is 0.311 e. The van der Waals surface area contributed by atoms with Crippen LogP contribution in [0.25, 0.3) is 0 Å². The summed E-state index contributed by atoms with van der Waals surface area (Å²) in [5, 5.41) is 6.67. The Balaban J connectivity index is 1.63. The fourth-order valence-corrected chi connectivity index (χ4v) is 3.63. The Hall–Kier alpha value is -3.39. The molecule has 3 aromatic rings. The lowest BCUT2D eigenvalue weighted by Gasteiger charge is -2.13. The van der Waals surface area contributed by atoms with E-state index < -0.39 is 0 Å². The Kier molecular flexibility index (Phi) is 8.21. The predicted octanol–water partition coefficient (Wildman–Crippen LogP) is 4.90. The number of hydrogen-bond donors (Lipinski definition) is 1. The van der Waals surface area contributed by atoms with Crippen LogP contribution in [0.3, 0.4) is 0 Å². The molecule has 0 atom stereocenters. The number of nitrogens with zero attached hydrogens (tertiary/aromatic N) is 2. The largest absolute Gasteiger partial charge is 0.496 e. The van der Waals surface area contributed by atoms with E-state index in [4.69, 9.17) is 14.2 Å². The zero-order valence-corrected chi connectivity index (χ0v) is 19.5. The van der Waals surface area contributed by atoms with Gasteiger partial charge >= 0.3 is 5.97 Å². The molecule has 0 amide bonds. The van der Waals surface area contributed by atoms with Gasteiger partial charge in [-0.25, -0.2) is 4.98 Å². The van der Waals surface area contributed by atoms with Crippen LogP contribution in [0.2, 0.25) is 0 Å². The van der Waals surface area contributed by atoms with Gasteiger partial charge in [0, 0.05) is 10.9 Å². The topological polar surface area (TPSA) is 82.0 Å². The number of hydrogen-bond acceptors (Lipinski definition) is 8. The standard InChI is InChI=1S/C24H27N3O4S/c1-5-30-23(28)12-20-15-32-24(26-20)27-25-13-18-8-9-21(29-4)19(11-18)14-31-22-10-16(2)6-7-17(22)3/h6-11,13,15H,5,12,14H2,1-4H3,(H,26,27). The van der Waals surface area contributed by atoms with Crippen molar-refractivity contribution in [3.8, 4) is 11.5 Å². The minimum atomic E-state index is -0.290. The molecular formula is C24H27N3O4S. The van der Waals surface area contributed by atoms with Gasteiger partial charge in [0.2, 0.25) is 5.13 Å². The first-order valence-electron chi connectivity index (χ1n) is 10.2. The third kappa shape index (κ3) is 6.55. The summed E-state index contributed by atoms with van der Waals surface area (Å²) in [6, 6.07) is 11.9. The van der Waals surface area contributed by atoms with Gasteiger partial charge in [0.15, 0.2) is 0 Å². The van der Waals surface area contributed by atoms with Crippen LogP contribution < -0.4 is 14.9 Å². The summed E-state index contributed by atoms with van der Waals surface area (Å²) >= 11 is 1.38. The van der Waals surface area contributed by atoms with Gasteiger partial charge in [0.25, 0.3) is 0 Å². The zero-order valence-electron chi connectivity index (χ0n) is 18.7. The van der Waals surface area contributed by atoms with Crippen LogP contribution in [0.1, 0.15) is 34.9 Å². The molecule has 32 heavy (non-hydrogen) atoms. The molecule has 1 heterocycles. The molecule has 7 nitrogen and oxygen atoms in total. The Morgan fingerprint density at radius 3 is 2.81 bits per heavy atom. The number of methoxy groups -OCH3 is 1. The second-order valence-corrected chi connectivity index (χ2v) is 7.98. The number of carbonyl (C=O) groups is 1. The van der Waals surface area contributed by atoms with Gasteiger partial charge in [-0.2, -0.15) is 5.10 Å². The molecule has 0 fully saturated rings. The number of benzene rings is 2. The molecular weight excluding hydrogens is 426 g/mol. The van der Waals surface area contributed by atoms with Crippen LogP contribution >= 0.6 is 11.3 Å². The van der Waals surface area contributed by atoms with E-state index in [2.05, 4.69) is 21.6 Å². The molecule has 3 rings (SSSR count). The van der Waals surface area contributed by atoms with E-state index >= 15 is 0 Å². The van der Waals surface area contributed by atoms with Crippen molar-refractivity contribution in [3.05, 3.63) is 69.7 Å². The second-order valence-electron chi connectivity index (χ2n) is 7.12. The van der Waals surface area contributed by atoms with Gasteiger partial charge in [-0.3, -0.25) is 10.2 Å². The van der Waals surface area contributed by atoms with E-state index in [1.807, 2.05) is 49.6 Å². The molecule has 0 saturated heterocycles. The number of hydrazone groups is 1. The van der Waals surface area contributed by atoms with Crippen molar-refractivity contribution >= 4 is 28.7 Å². The Labute approximate surface area is 192 Å². The third-order valence-corrected chi connectivity index (χ3v) is 5.38. The molecule has 0 spiro atoms. The summed E-state index contributed by atoms with van der Waals surface area (Å²) in [7, 11) is 1.64. The van der Waals surface area contributed by atoms with Crippen molar-refractivity contribution in [2.24, 2.45) is 5.10 Å². The summed E-state index contributed by atoms with van der Waals surface area (Å²) < 4.78 is 16.5. The van der Waals surface area contributed by atoms with Crippen LogP contribution in [-0.4, -0.2) is 30.9 Å². The molecule has 0 aliphatic rings. The van der Waals surface area contributed by atoms with Crippen molar-refractivity contribution in [1.29, 1.82) is 0 Å². The SMILES string of the molecule is CCOC(=O)Cc1csc(NN=Cc2ccc(OC)c(COc3cc(C)ccc3C)c2)n1. The molecule has 0 radical (unpaired) electrons. The second kappa shape index (κ2) is 11.3. The normalized spacial score (nSPS) is 10.9. The predicted molar refractivity (Wildman–Crippen MR) is 127 cm³/mol. The van der Waals surface area contributed by atoms with Crippen LogP contribution in [0.15, 0.2) is 46.9 Å². The van der Waals surface area contributed by atoms with E-state index in [1.54, 1.807) is 20.2 Å². The highest BCUT2D eigenvalue weighted by atomic mass is 32.1. The Morgan fingerprint density at radius 1 is 1.19 bits per heavy atom. The minimum absolute atomic E-state index is 0.151. The lowest BCUT2D eigenvalue weighted by atomic mass is 10.1. The first-order valence-corrected chi connectivity index (χ1v) is 11.1. The average Bonchev–Trinajstić information content (AvgIpc) is 3.21. The highest BCUT2D eigenvalue weighted by Gasteiger charge is 2.09. The molecule has 0 bridgehead atoms. The molecule has 1 aromatic heterocycles. The number of aryl methyl sites for hydroxylation is 2. The van der Waals surface area contributed by atoms with Crippen LogP contribution in [0.5, 0.6) is 11.5 Å². The van der Waals surface area contributed by atoms with Gasteiger partial charge in [-0.1, -0.05) is 12.1 Å². The van der Waals surface area contributed by atoms with Gasteiger partial charge in [0.1, 0.15) is 18.1 Å². The van der Waals surface area contributed by atoms with Crippen LogP contribution in [0, 0.1) is 13.8 Å². The van der Waals surface area contributed by atoms with E-state index in [1.165, 1.54) is 11.3 Å². The number of anilines is 1. The van der Waals surface area contributed by atoms with Crippen molar-refractivity contribution < 1.29 is 19.0 Å². The van der Waals surface area contributed by atoms with Gasteiger partial charge in [0.05, 0.1) is 32.0 Å². The highest BCUT2D eigenvalue weighted by Crippen LogP contribution is 2.24. The minimum Gasteiger partial charge on any atom is -0.496 e. The molecule has 168 valence electrons. The summed E-state index contributed by atoms with van der Waals surface area (Å²) in [5.74, 6) is 1.32. The van der Waals surface area contributed by atoms with Crippen molar-refractivity contribution in [2.45, 2.75) is 33.8 Å². The molecule has 2 aromatic carbocycles. The number of esters is 1. The quantitative estimate of drug-likeness (QED) is 0.267. The average molecular weight is 454 g/mol. The number of carbonyl (C=O) groups excluding carboxylic acids is 1. The fourth-order valence-electron chi connectivity index (χ4n) is 2.97. The highest BCUT2D eigenvalue weighted by molar-refractivity contribution is 7.13. The molecule has 1 N–H and O–H groups in total. The molecule has 0 aliphatic carbocycles. The molecule has 8 heteroatoms. The summed E-state index contributed by atoms with van der Waals surface area (Å²) in [6.07, 6.45) is 1.85. The maximum atomic E-state index is 11.6. The molecule has 0 unspecified atom stereocenters. The summed E-state index contributed by atoms with van der Waals surface area (Å²) in [6.45, 7) is 6.59. The monoisotopic (exact) mass is 453 g/mol. The Morgan fingerprint density at radius 2 is 2.03 bits per heavy atom. The van der Waals surface area contributed by atoms with Crippen molar-refractivity contribution in [3.63, 3.8) is 0 Å². The third-order valence-electron chi connectivity index (χ3n) is 4.59. The van der Waals surface area contributed by atoms with Crippen LogP contribution in [0.4, 0.5) is 5.13 Å². The number of ether oxygens (including phenoxy) is 3. The summed E-state index contributed by atoms with van der Waals surface area (Å²) in [5.41, 5.74) is 7.60. The number of nitrogens with one attached hydrogen (secondary N) is 1. The van der Waals surface area contributed by atoms with E-state index in [0.29, 0.717) is 24.0 Å². The van der Waals surface area contributed by atoms with E-state index in [0.717, 1.165) is 33.8 Å². The lowest BCUT2D eigenvalue weighted by Crippen LogP contribution is -2.07. The lowest BCUT2D eigenvalue weighted by molar-refractivity contribution is -0.142. The first-order chi connectivity index (χ1) is 15.5. The van der Waals surface area contributed by atoms with Gasteiger partial charge < -0.3 is 14.2 Å². The van der Waals surface area contributed by atoms with Gasteiger partial charge in [-0.15, -0.1) is 11.3 Å². The van der Waals surface area contributed by atoms with E-state index in [9.17, 15) is 4.79 Å². The maximum absolute atomic E-state index is 11.6. The van der Waals surface area contributed by atoms with Crippen molar-refractivity contribution in [1.82, 2.24) is 4.98 Å². The van der Waals surface area contributed by atoms with Crippen molar-refractivity contribution in [2.75, 3.05) is 19.1 Å².